The van der Waals surface area contributed by atoms with Crippen molar-refractivity contribution in [1.29, 1.82) is 0 Å². The molecule has 1 aromatic carbocycles. The molecule has 152 valence electrons. The van der Waals surface area contributed by atoms with E-state index >= 15 is 0 Å². The van der Waals surface area contributed by atoms with Crippen LogP contribution in [0.5, 0.6) is 5.75 Å². The predicted octanol–water partition coefficient (Wildman–Crippen LogP) is 4.49. The molecule has 0 bridgehead atoms. The van der Waals surface area contributed by atoms with Crippen LogP contribution in [0.3, 0.4) is 0 Å². The van der Waals surface area contributed by atoms with Crippen molar-refractivity contribution in [3.63, 3.8) is 0 Å². The normalized spacial score (nSPS) is 10.7. The first-order valence-corrected chi connectivity index (χ1v) is 9.94. The van der Waals surface area contributed by atoms with Gasteiger partial charge in [-0.2, -0.15) is 8.78 Å². The average Bonchev–Trinajstić information content (AvgIpc) is 2.61. The summed E-state index contributed by atoms with van der Waals surface area (Å²) in [6, 6.07) is 4.63. The van der Waals surface area contributed by atoms with E-state index in [-0.39, 0.29) is 30.5 Å². The van der Waals surface area contributed by atoms with Gasteiger partial charge in [-0.05, 0) is 37.5 Å². The maximum Gasteiger partial charge on any atom is 0.387 e. The number of ether oxygens (including phenoxy) is 1. The molecule has 0 aliphatic carbocycles. The zero-order valence-corrected chi connectivity index (χ0v) is 17.4. The summed E-state index contributed by atoms with van der Waals surface area (Å²) in [4.78, 5) is 26.0. The van der Waals surface area contributed by atoms with Gasteiger partial charge in [-0.3, -0.25) is 9.59 Å². The Bertz CT molecular complexity index is 609. The van der Waals surface area contributed by atoms with Gasteiger partial charge in [0.15, 0.2) is 0 Å². The van der Waals surface area contributed by atoms with E-state index in [0.29, 0.717) is 22.9 Å². The standard InChI is InChI=1S/C19H27BrF2N2O3/c1-3-10-24(11-4-2)18(26)7-5-6-17(25)23-13-14-12-15(20)8-9-16(14)27-19(21)22/h8-9,12,19H,3-7,10-11,13H2,1-2H3,(H,23,25). The minimum atomic E-state index is -2.93. The molecule has 0 unspecified atom stereocenters. The lowest BCUT2D eigenvalue weighted by atomic mass is 10.1. The number of alkyl halides is 2. The fraction of sp³-hybridized carbons (Fsp3) is 0.579. The first kappa shape index (κ1) is 23.3. The number of carbonyl (C=O) groups excluding carboxylic acids is 2. The lowest BCUT2D eigenvalue weighted by Gasteiger charge is -2.21. The highest BCUT2D eigenvalue weighted by Gasteiger charge is 2.14. The molecule has 2 amide bonds. The highest BCUT2D eigenvalue weighted by Crippen LogP contribution is 2.24. The zero-order chi connectivity index (χ0) is 20.2. The van der Waals surface area contributed by atoms with E-state index in [1.165, 1.54) is 6.07 Å². The zero-order valence-electron chi connectivity index (χ0n) is 15.8. The highest BCUT2D eigenvalue weighted by atomic mass is 79.9. The van der Waals surface area contributed by atoms with Crippen LogP contribution >= 0.6 is 15.9 Å². The van der Waals surface area contributed by atoms with Crippen LogP contribution < -0.4 is 10.1 Å². The Morgan fingerprint density at radius 3 is 2.44 bits per heavy atom. The van der Waals surface area contributed by atoms with Crippen molar-refractivity contribution in [3.8, 4) is 5.75 Å². The number of halogens is 3. The van der Waals surface area contributed by atoms with E-state index in [1.54, 1.807) is 12.1 Å². The molecule has 0 saturated carbocycles. The molecule has 0 radical (unpaired) electrons. The third kappa shape index (κ3) is 9.17. The molecule has 0 aliphatic heterocycles. The molecular formula is C19H27BrF2N2O3. The van der Waals surface area contributed by atoms with Crippen LogP contribution in [0.25, 0.3) is 0 Å². The minimum Gasteiger partial charge on any atom is -0.434 e. The number of carbonyl (C=O) groups is 2. The van der Waals surface area contributed by atoms with Crippen molar-refractivity contribution in [3.05, 3.63) is 28.2 Å². The lowest BCUT2D eigenvalue weighted by Crippen LogP contribution is -2.32. The molecule has 1 N–H and O–H groups in total. The van der Waals surface area contributed by atoms with Gasteiger partial charge in [0.05, 0.1) is 0 Å². The van der Waals surface area contributed by atoms with Gasteiger partial charge in [0.2, 0.25) is 11.8 Å². The monoisotopic (exact) mass is 448 g/mol. The van der Waals surface area contributed by atoms with Gasteiger partial charge in [0, 0.05) is 42.5 Å². The molecule has 0 aromatic heterocycles. The number of nitrogens with zero attached hydrogens (tertiary/aromatic N) is 1. The molecule has 1 aromatic rings. The van der Waals surface area contributed by atoms with Gasteiger partial charge < -0.3 is 15.0 Å². The molecule has 0 atom stereocenters. The summed E-state index contributed by atoms with van der Waals surface area (Å²) >= 11 is 3.27. The van der Waals surface area contributed by atoms with Gasteiger partial charge in [0.1, 0.15) is 5.75 Å². The van der Waals surface area contributed by atoms with Crippen molar-refractivity contribution < 1.29 is 23.1 Å². The number of rotatable bonds is 12. The van der Waals surface area contributed by atoms with Crippen LogP contribution in [0, 0.1) is 0 Å². The Morgan fingerprint density at radius 2 is 1.85 bits per heavy atom. The molecule has 0 saturated heterocycles. The summed E-state index contributed by atoms with van der Waals surface area (Å²) in [5.74, 6) is -0.145. The van der Waals surface area contributed by atoms with Crippen LogP contribution in [0.2, 0.25) is 0 Å². The summed E-state index contributed by atoms with van der Waals surface area (Å²) < 4.78 is 30.1. The second-order valence-electron chi connectivity index (χ2n) is 6.14. The third-order valence-electron chi connectivity index (χ3n) is 3.85. The summed E-state index contributed by atoms with van der Waals surface area (Å²) in [6.45, 7) is 2.66. The molecule has 27 heavy (non-hydrogen) atoms. The number of amides is 2. The molecule has 5 nitrogen and oxygen atoms in total. The van der Waals surface area contributed by atoms with Gasteiger partial charge in [-0.15, -0.1) is 0 Å². The van der Waals surface area contributed by atoms with Crippen LogP contribution in [-0.2, 0) is 16.1 Å². The Morgan fingerprint density at radius 1 is 1.19 bits per heavy atom. The summed E-state index contributed by atoms with van der Waals surface area (Å²) in [6.07, 6.45) is 2.79. The van der Waals surface area contributed by atoms with Crippen molar-refractivity contribution >= 4 is 27.7 Å². The smallest absolute Gasteiger partial charge is 0.387 e. The van der Waals surface area contributed by atoms with Crippen molar-refractivity contribution in [2.75, 3.05) is 13.1 Å². The topological polar surface area (TPSA) is 58.6 Å². The van der Waals surface area contributed by atoms with Crippen molar-refractivity contribution in [2.24, 2.45) is 0 Å². The van der Waals surface area contributed by atoms with Gasteiger partial charge in [-0.1, -0.05) is 29.8 Å². The van der Waals surface area contributed by atoms with Crippen LogP contribution in [0.1, 0.15) is 51.5 Å². The molecular weight excluding hydrogens is 422 g/mol. The first-order chi connectivity index (χ1) is 12.9. The van der Waals surface area contributed by atoms with Crippen LogP contribution in [0.4, 0.5) is 8.78 Å². The quantitative estimate of drug-likeness (QED) is 0.512. The second kappa shape index (κ2) is 12.6. The van der Waals surface area contributed by atoms with E-state index in [9.17, 15) is 18.4 Å². The molecule has 0 spiro atoms. The van der Waals surface area contributed by atoms with Crippen molar-refractivity contribution in [1.82, 2.24) is 10.2 Å². The summed E-state index contributed by atoms with van der Waals surface area (Å²) in [5.41, 5.74) is 0.450. The van der Waals surface area contributed by atoms with Crippen molar-refractivity contribution in [2.45, 2.75) is 59.1 Å². The number of nitrogens with one attached hydrogen (secondary N) is 1. The Kier molecular flexibility index (Phi) is 10.9. The van der Waals surface area contributed by atoms with Crippen LogP contribution in [-0.4, -0.2) is 36.4 Å². The van der Waals surface area contributed by atoms with Gasteiger partial charge >= 0.3 is 6.61 Å². The van der Waals surface area contributed by atoms with E-state index in [4.69, 9.17) is 0 Å². The van der Waals surface area contributed by atoms with E-state index in [1.807, 2.05) is 18.7 Å². The molecule has 0 aliphatic rings. The number of benzene rings is 1. The molecule has 1 rings (SSSR count). The summed E-state index contributed by atoms with van der Waals surface area (Å²) in [5, 5.41) is 2.68. The van der Waals surface area contributed by atoms with Gasteiger partial charge in [0.25, 0.3) is 0 Å². The molecule has 0 heterocycles. The molecule has 8 heteroatoms. The predicted molar refractivity (Wildman–Crippen MR) is 104 cm³/mol. The SMILES string of the molecule is CCCN(CCC)C(=O)CCCC(=O)NCc1cc(Br)ccc1OC(F)F. The van der Waals surface area contributed by atoms with E-state index in [0.717, 1.165) is 25.9 Å². The van der Waals surface area contributed by atoms with Gasteiger partial charge in [-0.25, -0.2) is 0 Å². The Labute approximate surface area is 167 Å². The first-order valence-electron chi connectivity index (χ1n) is 9.15. The average molecular weight is 449 g/mol. The van der Waals surface area contributed by atoms with E-state index < -0.39 is 6.61 Å². The fourth-order valence-electron chi connectivity index (χ4n) is 2.64. The second-order valence-corrected chi connectivity index (χ2v) is 7.06. The summed E-state index contributed by atoms with van der Waals surface area (Å²) in [7, 11) is 0. The largest absolute Gasteiger partial charge is 0.434 e. The minimum absolute atomic E-state index is 0.0263. The van der Waals surface area contributed by atoms with Crippen LogP contribution in [0.15, 0.2) is 22.7 Å². The maximum atomic E-state index is 12.5. The lowest BCUT2D eigenvalue weighted by molar-refractivity contribution is -0.131. The number of hydrogen-bond acceptors (Lipinski definition) is 3. The maximum absolute atomic E-state index is 12.5. The Hall–Kier alpha value is -1.70. The van der Waals surface area contributed by atoms with E-state index in [2.05, 4.69) is 26.0 Å². The highest BCUT2D eigenvalue weighted by molar-refractivity contribution is 9.10. The fourth-order valence-corrected chi connectivity index (χ4v) is 3.05. The molecule has 0 fully saturated rings. The third-order valence-corrected chi connectivity index (χ3v) is 4.34. The number of hydrogen-bond donors (Lipinski definition) is 1. The Balaban J connectivity index is 2.45.